The third kappa shape index (κ3) is 3.31. The fourth-order valence-corrected chi connectivity index (χ4v) is 2.60. The molecule has 4 nitrogen and oxygen atoms in total. The Labute approximate surface area is 143 Å². The number of nitrogens with zero attached hydrogens (tertiary/aromatic N) is 2. The van der Waals surface area contributed by atoms with Crippen LogP contribution in [0.1, 0.15) is 5.56 Å². The first-order valence-corrected chi connectivity index (χ1v) is 7.62. The summed E-state index contributed by atoms with van der Waals surface area (Å²) >= 11 is 6.03. The van der Waals surface area contributed by atoms with Gasteiger partial charge in [0.2, 0.25) is 0 Å². The van der Waals surface area contributed by atoms with Crippen LogP contribution in [0.15, 0.2) is 59.4 Å². The van der Waals surface area contributed by atoms with Crippen LogP contribution in [0.25, 0.3) is 11.3 Å². The summed E-state index contributed by atoms with van der Waals surface area (Å²) in [4.78, 5) is 12.1. The molecule has 122 valence electrons. The lowest BCUT2D eigenvalue weighted by molar-refractivity contribution is 0.416. The fraction of sp³-hybridized carbons (Fsp3) is 0.111. The molecule has 0 amide bonds. The SMILES string of the molecule is COc1ccccc1-c1ccc(=O)n(Cc2ccc(F)cc2Cl)n1. The third-order valence-electron chi connectivity index (χ3n) is 3.58. The molecule has 0 aliphatic rings. The van der Waals surface area contributed by atoms with E-state index in [0.717, 1.165) is 5.56 Å². The third-order valence-corrected chi connectivity index (χ3v) is 3.94. The molecule has 0 saturated carbocycles. The topological polar surface area (TPSA) is 44.1 Å². The molecule has 1 heterocycles. The van der Waals surface area contributed by atoms with Crippen LogP contribution in [-0.2, 0) is 6.54 Å². The number of benzene rings is 2. The monoisotopic (exact) mass is 344 g/mol. The second-order valence-corrected chi connectivity index (χ2v) is 5.56. The molecule has 0 atom stereocenters. The molecule has 0 spiro atoms. The zero-order chi connectivity index (χ0) is 17.1. The molecule has 2 aromatic carbocycles. The second-order valence-electron chi connectivity index (χ2n) is 5.15. The maximum atomic E-state index is 13.2. The molecule has 0 aliphatic heterocycles. The van der Waals surface area contributed by atoms with Crippen LogP contribution < -0.4 is 10.3 Å². The molecule has 0 aliphatic carbocycles. The normalized spacial score (nSPS) is 10.6. The van der Waals surface area contributed by atoms with Gasteiger partial charge in [0.1, 0.15) is 11.6 Å². The summed E-state index contributed by atoms with van der Waals surface area (Å²) in [6, 6.07) is 14.5. The van der Waals surface area contributed by atoms with Crippen molar-refractivity contribution in [3.05, 3.63) is 81.4 Å². The van der Waals surface area contributed by atoms with Gasteiger partial charge in [-0.15, -0.1) is 0 Å². The highest BCUT2D eigenvalue weighted by molar-refractivity contribution is 6.31. The van der Waals surface area contributed by atoms with E-state index in [1.54, 1.807) is 19.2 Å². The minimum Gasteiger partial charge on any atom is -0.496 e. The van der Waals surface area contributed by atoms with Gasteiger partial charge in [-0.3, -0.25) is 4.79 Å². The Morgan fingerprint density at radius 1 is 1.17 bits per heavy atom. The molecule has 0 N–H and O–H groups in total. The maximum Gasteiger partial charge on any atom is 0.267 e. The van der Waals surface area contributed by atoms with Crippen molar-refractivity contribution in [1.29, 1.82) is 0 Å². The Balaban J connectivity index is 2.02. The molecular weight excluding hydrogens is 331 g/mol. The quantitative estimate of drug-likeness (QED) is 0.724. The van der Waals surface area contributed by atoms with Crippen molar-refractivity contribution in [3.8, 4) is 17.0 Å². The van der Waals surface area contributed by atoms with E-state index in [0.29, 0.717) is 17.0 Å². The zero-order valence-electron chi connectivity index (χ0n) is 12.9. The summed E-state index contributed by atoms with van der Waals surface area (Å²) in [6.45, 7) is 0.154. The summed E-state index contributed by atoms with van der Waals surface area (Å²) in [7, 11) is 1.58. The van der Waals surface area contributed by atoms with Gasteiger partial charge in [0.25, 0.3) is 5.56 Å². The predicted molar refractivity (Wildman–Crippen MR) is 91.0 cm³/mol. The molecule has 3 aromatic rings. The Hall–Kier alpha value is -2.66. The van der Waals surface area contributed by atoms with Gasteiger partial charge in [0.15, 0.2) is 0 Å². The maximum absolute atomic E-state index is 13.2. The van der Waals surface area contributed by atoms with Crippen LogP contribution >= 0.6 is 11.6 Å². The molecule has 6 heteroatoms. The molecule has 0 saturated heterocycles. The summed E-state index contributed by atoms with van der Waals surface area (Å²) < 4.78 is 19.8. The second kappa shape index (κ2) is 6.84. The van der Waals surface area contributed by atoms with Gasteiger partial charge in [-0.1, -0.05) is 29.8 Å². The van der Waals surface area contributed by atoms with Gasteiger partial charge in [-0.05, 0) is 35.9 Å². The highest BCUT2D eigenvalue weighted by atomic mass is 35.5. The molecule has 24 heavy (non-hydrogen) atoms. The van der Waals surface area contributed by atoms with Gasteiger partial charge < -0.3 is 4.74 Å². The van der Waals surface area contributed by atoms with Crippen LogP contribution in [0.4, 0.5) is 4.39 Å². The van der Waals surface area contributed by atoms with Gasteiger partial charge in [0, 0.05) is 16.7 Å². The van der Waals surface area contributed by atoms with E-state index in [-0.39, 0.29) is 17.1 Å². The lowest BCUT2D eigenvalue weighted by Gasteiger charge is -2.11. The van der Waals surface area contributed by atoms with Crippen molar-refractivity contribution in [1.82, 2.24) is 9.78 Å². The first-order valence-electron chi connectivity index (χ1n) is 7.24. The van der Waals surface area contributed by atoms with Crippen LogP contribution in [0, 0.1) is 5.82 Å². The molecule has 3 rings (SSSR count). The van der Waals surface area contributed by atoms with Crippen LogP contribution in [0.2, 0.25) is 5.02 Å². The highest BCUT2D eigenvalue weighted by Crippen LogP contribution is 2.27. The van der Waals surface area contributed by atoms with Crippen LogP contribution in [0.3, 0.4) is 0 Å². The van der Waals surface area contributed by atoms with Crippen molar-refractivity contribution in [3.63, 3.8) is 0 Å². The number of aromatic nitrogens is 2. The number of rotatable bonds is 4. The highest BCUT2D eigenvalue weighted by Gasteiger charge is 2.10. The number of hydrogen-bond acceptors (Lipinski definition) is 3. The van der Waals surface area contributed by atoms with Crippen molar-refractivity contribution in [2.45, 2.75) is 6.54 Å². The number of halogens is 2. The Morgan fingerprint density at radius 3 is 2.71 bits per heavy atom. The minimum absolute atomic E-state index is 0.154. The Bertz CT molecular complexity index is 940. The molecule has 0 fully saturated rings. The largest absolute Gasteiger partial charge is 0.496 e. The van der Waals surface area contributed by atoms with E-state index in [4.69, 9.17) is 16.3 Å². The predicted octanol–water partition coefficient (Wildman–Crippen LogP) is 3.76. The fourth-order valence-electron chi connectivity index (χ4n) is 2.37. The Morgan fingerprint density at radius 2 is 1.96 bits per heavy atom. The van der Waals surface area contributed by atoms with Crippen LogP contribution in [-0.4, -0.2) is 16.9 Å². The lowest BCUT2D eigenvalue weighted by atomic mass is 10.1. The van der Waals surface area contributed by atoms with Crippen LogP contribution in [0.5, 0.6) is 5.75 Å². The number of para-hydroxylation sites is 1. The molecule has 0 unspecified atom stereocenters. The van der Waals surface area contributed by atoms with Crippen molar-refractivity contribution >= 4 is 11.6 Å². The van der Waals surface area contributed by atoms with E-state index in [1.165, 1.54) is 22.9 Å². The van der Waals surface area contributed by atoms with E-state index in [2.05, 4.69) is 5.10 Å². The molecule has 0 bridgehead atoms. The molecular formula is C18H14ClFN2O2. The first-order chi connectivity index (χ1) is 11.6. The van der Waals surface area contributed by atoms with E-state index < -0.39 is 5.82 Å². The van der Waals surface area contributed by atoms with Crippen molar-refractivity contribution in [2.24, 2.45) is 0 Å². The summed E-state index contributed by atoms with van der Waals surface area (Å²) in [5, 5.41) is 4.64. The van der Waals surface area contributed by atoms with Gasteiger partial charge in [-0.2, -0.15) is 5.10 Å². The molecule has 0 radical (unpaired) electrons. The molecule has 1 aromatic heterocycles. The van der Waals surface area contributed by atoms with Crippen molar-refractivity contribution < 1.29 is 9.13 Å². The smallest absolute Gasteiger partial charge is 0.267 e. The van der Waals surface area contributed by atoms with E-state index in [1.807, 2.05) is 24.3 Å². The number of hydrogen-bond donors (Lipinski definition) is 0. The van der Waals surface area contributed by atoms with E-state index >= 15 is 0 Å². The summed E-state index contributed by atoms with van der Waals surface area (Å²) in [5.74, 6) is 0.238. The number of methoxy groups -OCH3 is 1. The standard InChI is InChI=1S/C18H14ClFN2O2/c1-24-17-5-3-2-4-14(17)16-8-9-18(23)22(21-16)11-12-6-7-13(20)10-15(12)19/h2-10H,11H2,1H3. The van der Waals surface area contributed by atoms with Gasteiger partial charge >= 0.3 is 0 Å². The summed E-state index contributed by atoms with van der Waals surface area (Å²) in [5.41, 5.74) is 1.73. The van der Waals surface area contributed by atoms with E-state index in [9.17, 15) is 9.18 Å². The average Bonchev–Trinajstić information content (AvgIpc) is 2.59. The lowest BCUT2D eigenvalue weighted by Crippen LogP contribution is -2.23. The van der Waals surface area contributed by atoms with Gasteiger partial charge in [0.05, 0.1) is 19.3 Å². The Kier molecular flexibility index (Phi) is 4.62. The average molecular weight is 345 g/mol. The van der Waals surface area contributed by atoms with Crippen molar-refractivity contribution in [2.75, 3.05) is 7.11 Å². The summed E-state index contributed by atoms with van der Waals surface area (Å²) in [6.07, 6.45) is 0. The minimum atomic E-state index is -0.424. The zero-order valence-corrected chi connectivity index (χ0v) is 13.6. The first kappa shape index (κ1) is 16.2. The number of ether oxygens (including phenoxy) is 1. The van der Waals surface area contributed by atoms with Gasteiger partial charge in [-0.25, -0.2) is 9.07 Å².